The van der Waals surface area contributed by atoms with Gasteiger partial charge in [0.1, 0.15) is 5.82 Å². The molecule has 102 valence electrons. The molecule has 21 heavy (non-hydrogen) atoms. The molecule has 0 unspecified atom stereocenters. The molecule has 0 atom stereocenters. The Bertz CT molecular complexity index is 945. The molecule has 4 aromatic rings. The summed E-state index contributed by atoms with van der Waals surface area (Å²) in [5.74, 6) is 1.00. The average Bonchev–Trinajstić information content (AvgIpc) is 2.94. The van der Waals surface area contributed by atoms with Gasteiger partial charge in [0, 0.05) is 15.8 Å². The molecule has 0 aliphatic carbocycles. The summed E-state index contributed by atoms with van der Waals surface area (Å²) < 4.78 is 1.27. The fourth-order valence-electron chi connectivity index (χ4n) is 2.37. The molecule has 2 aromatic heterocycles. The molecule has 3 N–H and O–H groups in total. The van der Waals surface area contributed by atoms with Crippen LogP contribution in [-0.2, 0) is 0 Å². The number of aromatic nitrogens is 2. The minimum atomic E-state index is 0.271. The first-order valence-corrected chi connectivity index (χ1v) is 7.44. The van der Waals surface area contributed by atoms with Crippen LogP contribution in [0.4, 0.5) is 17.5 Å². The van der Waals surface area contributed by atoms with Crippen molar-refractivity contribution < 1.29 is 0 Å². The Morgan fingerprint density at radius 2 is 1.90 bits per heavy atom. The van der Waals surface area contributed by atoms with Gasteiger partial charge < -0.3 is 11.1 Å². The number of fused-ring (bicyclic) bond motifs is 2. The van der Waals surface area contributed by atoms with E-state index in [0.29, 0.717) is 0 Å². The highest BCUT2D eigenvalue weighted by Gasteiger charge is 2.06. The molecule has 0 radical (unpaired) electrons. The van der Waals surface area contributed by atoms with Gasteiger partial charge in [-0.05, 0) is 47.2 Å². The SMILES string of the molecule is Nc1nc(Nc2ccc3sccc3c2)c2ccccc2n1. The van der Waals surface area contributed by atoms with Crippen LogP contribution in [0.15, 0.2) is 53.9 Å². The lowest BCUT2D eigenvalue weighted by Crippen LogP contribution is -2.01. The van der Waals surface area contributed by atoms with Crippen LogP contribution in [0.1, 0.15) is 0 Å². The van der Waals surface area contributed by atoms with Gasteiger partial charge in [0.2, 0.25) is 5.95 Å². The van der Waals surface area contributed by atoms with E-state index in [4.69, 9.17) is 5.73 Å². The van der Waals surface area contributed by atoms with Crippen molar-refractivity contribution in [3.8, 4) is 0 Å². The van der Waals surface area contributed by atoms with E-state index in [0.717, 1.165) is 22.4 Å². The average molecular weight is 292 g/mol. The zero-order valence-electron chi connectivity index (χ0n) is 11.1. The van der Waals surface area contributed by atoms with E-state index >= 15 is 0 Å². The number of hydrogen-bond donors (Lipinski definition) is 2. The minimum absolute atomic E-state index is 0.271. The normalized spacial score (nSPS) is 11.0. The number of rotatable bonds is 2. The summed E-state index contributed by atoms with van der Waals surface area (Å²) in [6.07, 6.45) is 0. The zero-order valence-corrected chi connectivity index (χ0v) is 11.9. The highest BCUT2D eigenvalue weighted by atomic mass is 32.1. The molecule has 0 saturated carbocycles. The second-order valence-corrected chi connectivity index (χ2v) is 5.69. The Morgan fingerprint density at radius 1 is 1.00 bits per heavy atom. The number of anilines is 3. The fourth-order valence-corrected chi connectivity index (χ4v) is 3.14. The molecule has 0 saturated heterocycles. The lowest BCUT2D eigenvalue weighted by Gasteiger charge is -2.09. The summed E-state index contributed by atoms with van der Waals surface area (Å²) >= 11 is 1.73. The summed E-state index contributed by atoms with van der Waals surface area (Å²) in [5, 5.41) is 7.61. The Hall–Kier alpha value is -2.66. The molecule has 2 heterocycles. The molecule has 0 aliphatic rings. The number of para-hydroxylation sites is 1. The lowest BCUT2D eigenvalue weighted by molar-refractivity contribution is 1.23. The van der Waals surface area contributed by atoms with Crippen molar-refractivity contribution in [1.29, 1.82) is 0 Å². The Balaban J connectivity index is 1.82. The van der Waals surface area contributed by atoms with E-state index < -0.39 is 0 Å². The van der Waals surface area contributed by atoms with Crippen molar-refractivity contribution in [2.45, 2.75) is 0 Å². The van der Waals surface area contributed by atoms with E-state index in [2.05, 4.69) is 38.9 Å². The van der Waals surface area contributed by atoms with Gasteiger partial charge in [-0.2, -0.15) is 4.98 Å². The topological polar surface area (TPSA) is 63.8 Å². The van der Waals surface area contributed by atoms with Crippen LogP contribution in [0.3, 0.4) is 0 Å². The quantitative estimate of drug-likeness (QED) is 0.582. The smallest absolute Gasteiger partial charge is 0.222 e. The van der Waals surface area contributed by atoms with Crippen molar-refractivity contribution in [2.24, 2.45) is 0 Å². The third kappa shape index (κ3) is 2.17. The van der Waals surface area contributed by atoms with Gasteiger partial charge in [-0.15, -0.1) is 11.3 Å². The van der Waals surface area contributed by atoms with Crippen molar-refractivity contribution in [3.63, 3.8) is 0 Å². The maximum atomic E-state index is 5.79. The van der Waals surface area contributed by atoms with Crippen LogP contribution < -0.4 is 11.1 Å². The van der Waals surface area contributed by atoms with Crippen LogP contribution in [0.5, 0.6) is 0 Å². The summed E-state index contributed by atoms with van der Waals surface area (Å²) in [6, 6.07) is 16.2. The largest absolute Gasteiger partial charge is 0.368 e. The second kappa shape index (κ2) is 4.71. The highest BCUT2D eigenvalue weighted by molar-refractivity contribution is 7.17. The Labute approximate surface area is 125 Å². The standard InChI is InChI=1S/C16H12N4S/c17-16-19-13-4-2-1-3-12(13)15(20-16)18-11-5-6-14-10(9-11)7-8-21-14/h1-9H,(H3,17,18,19,20). The molecule has 5 heteroatoms. The molecule has 4 nitrogen and oxygen atoms in total. The van der Waals surface area contributed by atoms with Crippen LogP contribution >= 0.6 is 11.3 Å². The number of hydrogen-bond acceptors (Lipinski definition) is 5. The maximum Gasteiger partial charge on any atom is 0.222 e. The van der Waals surface area contributed by atoms with Gasteiger partial charge in [-0.25, -0.2) is 4.98 Å². The maximum absolute atomic E-state index is 5.79. The molecule has 4 rings (SSSR count). The number of benzene rings is 2. The molecular formula is C16H12N4S. The predicted molar refractivity (Wildman–Crippen MR) is 89.1 cm³/mol. The Morgan fingerprint density at radius 3 is 2.86 bits per heavy atom. The van der Waals surface area contributed by atoms with Crippen molar-refractivity contribution in [1.82, 2.24) is 9.97 Å². The van der Waals surface area contributed by atoms with Gasteiger partial charge in [-0.1, -0.05) is 12.1 Å². The number of nitrogens with two attached hydrogens (primary N) is 1. The van der Waals surface area contributed by atoms with Gasteiger partial charge in [0.15, 0.2) is 0 Å². The highest BCUT2D eigenvalue weighted by Crippen LogP contribution is 2.28. The number of thiophene rings is 1. The molecule has 0 amide bonds. The molecule has 0 aliphatic heterocycles. The molecule has 0 bridgehead atoms. The van der Waals surface area contributed by atoms with Gasteiger partial charge >= 0.3 is 0 Å². The molecule has 0 fully saturated rings. The summed E-state index contributed by atoms with van der Waals surface area (Å²) in [4.78, 5) is 8.57. The number of nitrogens with zero attached hydrogens (tertiary/aromatic N) is 2. The van der Waals surface area contributed by atoms with Crippen LogP contribution in [-0.4, -0.2) is 9.97 Å². The van der Waals surface area contributed by atoms with Gasteiger partial charge in [0.25, 0.3) is 0 Å². The molecule has 0 spiro atoms. The second-order valence-electron chi connectivity index (χ2n) is 4.75. The zero-order chi connectivity index (χ0) is 14.2. The minimum Gasteiger partial charge on any atom is -0.368 e. The number of nitrogen functional groups attached to an aromatic ring is 1. The van der Waals surface area contributed by atoms with Crippen LogP contribution in [0.2, 0.25) is 0 Å². The summed E-state index contributed by atoms with van der Waals surface area (Å²) in [5.41, 5.74) is 7.62. The number of nitrogens with one attached hydrogen (secondary N) is 1. The first kappa shape index (κ1) is 12.1. The van der Waals surface area contributed by atoms with E-state index in [1.165, 1.54) is 10.1 Å². The van der Waals surface area contributed by atoms with E-state index in [1.807, 2.05) is 30.3 Å². The summed E-state index contributed by atoms with van der Waals surface area (Å²) in [6.45, 7) is 0. The van der Waals surface area contributed by atoms with Crippen LogP contribution in [0, 0.1) is 0 Å². The van der Waals surface area contributed by atoms with Gasteiger partial charge in [-0.3, -0.25) is 0 Å². The first-order chi connectivity index (χ1) is 10.3. The lowest BCUT2D eigenvalue weighted by atomic mass is 10.2. The van der Waals surface area contributed by atoms with Crippen molar-refractivity contribution >= 4 is 49.8 Å². The van der Waals surface area contributed by atoms with Crippen LogP contribution in [0.25, 0.3) is 21.0 Å². The molecule has 2 aromatic carbocycles. The van der Waals surface area contributed by atoms with Crippen molar-refractivity contribution in [2.75, 3.05) is 11.1 Å². The third-order valence-corrected chi connectivity index (χ3v) is 4.23. The third-order valence-electron chi connectivity index (χ3n) is 3.34. The fraction of sp³-hybridized carbons (Fsp3) is 0. The monoisotopic (exact) mass is 292 g/mol. The first-order valence-electron chi connectivity index (χ1n) is 6.56. The van der Waals surface area contributed by atoms with E-state index in [1.54, 1.807) is 11.3 Å². The Kier molecular flexibility index (Phi) is 2.72. The van der Waals surface area contributed by atoms with Gasteiger partial charge in [0.05, 0.1) is 5.52 Å². The van der Waals surface area contributed by atoms with Crippen molar-refractivity contribution in [3.05, 3.63) is 53.9 Å². The van der Waals surface area contributed by atoms with E-state index in [9.17, 15) is 0 Å². The predicted octanol–water partition coefficient (Wildman–Crippen LogP) is 4.17. The van der Waals surface area contributed by atoms with E-state index in [-0.39, 0.29) is 5.95 Å². The summed E-state index contributed by atoms with van der Waals surface area (Å²) in [7, 11) is 0. The molecular weight excluding hydrogens is 280 g/mol.